The molecule has 0 aliphatic carbocycles. The monoisotopic (exact) mass is 279 g/mol. The lowest BCUT2D eigenvalue weighted by Crippen LogP contribution is -2.20. The van der Waals surface area contributed by atoms with Crippen LogP contribution >= 0.6 is 0 Å². The van der Waals surface area contributed by atoms with Crippen LogP contribution < -0.4 is 5.32 Å². The van der Waals surface area contributed by atoms with Crippen molar-refractivity contribution in [3.8, 4) is 0 Å². The van der Waals surface area contributed by atoms with E-state index in [-0.39, 0.29) is 24.7 Å². The van der Waals surface area contributed by atoms with Gasteiger partial charge in [0.05, 0.1) is 11.5 Å². The van der Waals surface area contributed by atoms with E-state index in [0.29, 0.717) is 5.69 Å². The number of alkyl halides is 3. The summed E-state index contributed by atoms with van der Waals surface area (Å²) < 4.78 is 39.7. The first-order valence-electron chi connectivity index (χ1n) is 5.30. The fourth-order valence-corrected chi connectivity index (χ4v) is 1.26. The van der Waals surface area contributed by atoms with E-state index in [2.05, 4.69) is 15.0 Å². The molecule has 1 aromatic rings. The molecule has 0 saturated carbocycles. The molecule has 19 heavy (non-hydrogen) atoms. The minimum Gasteiger partial charge on any atom is -0.370 e. The maximum Gasteiger partial charge on any atom is 0.411 e. The van der Waals surface area contributed by atoms with Gasteiger partial charge in [-0.25, -0.2) is 4.98 Å². The van der Waals surface area contributed by atoms with Gasteiger partial charge in [-0.2, -0.15) is 13.2 Å². The standard InChI is InChI=1S/C10H12F3N3O3/c1-7-2-3-8(16(17)18)9(15-7)14-4-5-19-6-10(11,12)13/h2-3H,4-6H2,1H3,(H,14,15). The summed E-state index contributed by atoms with van der Waals surface area (Å²) in [5.41, 5.74) is 0.325. The van der Waals surface area contributed by atoms with Crippen molar-refractivity contribution < 1.29 is 22.8 Å². The first kappa shape index (κ1) is 15.2. The fraction of sp³-hybridized carbons (Fsp3) is 0.500. The van der Waals surface area contributed by atoms with Gasteiger partial charge in [0.25, 0.3) is 0 Å². The van der Waals surface area contributed by atoms with E-state index in [1.807, 2.05) is 0 Å². The van der Waals surface area contributed by atoms with E-state index in [4.69, 9.17) is 0 Å². The van der Waals surface area contributed by atoms with Gasteiger partial charge in [0.2, 0.25) is 5.82 Å². The number of pyridine rings is 1. The molecule has 1 N–H and O–H groups in total. The number of anilines is 1. The molecule has 0 amide bonds. The van der Waals surface area contributed by atoms with Gasteiger partial charge in [0.15, 0.2) is 0 Å². The minimum absolute atomic E-state index is 0.00657. The highest BCUT2D eigenvalue weighted by Crippen LogP contribution is 2.21. The summed E-state index contributed by atoms with van der Waals surface area (Å²) in [5, 5.41) is 13.3. The van der Waals surface area contributed by atoms with Crippen molar-refractivity contribution >= 4 is 11.5 Å². The van der Waals surface area contributed by atoms with Crippen LogP contribution in [0.3, 0.4) is 0 Å². The van der Waals surface area contributed by atoms with E-state index in [1.54, 1.807) is 6.92 Å². The second-order valence-corrected chi connectivity index (χ2v) is 3.67. The van der Waals surface area contributed by atoms with Crippen molar-refractivity contribution in [2.24, 2.45) is 0 Å². The lowest BCUT2D eigenvalue weighted by molar-refractivity contribution is -0.384. The minimum atomic E-state index is -4.38. The third-order valence-corrected chi connectivity index (χ3v) is 2.01. The zero-order chi connectivity index (χ0) is 14.5. The van der Waals surface area contributed by atoms with Crippen LogP contribution in [0.25, 0.3) is 0 Å². The highest BCUT2D eigenvalue weighted by molar-refractivity contribution is 5.55. The molecule has 106 valence electrons. The number of nitrogens with one attached hydrogen (secondary N) is 1. The van der Waals surface area contributed by atoms with Crippen LogP contribution in [0.15, 0.2) is 12.1 Å². The molecule has 6 nitrogen and oxygen atoms in total. The van der Waals surface area contributed by atoms with Gasteiger partial charge < -0.3 is 10.1 Å². The summed E-state index contributed by atoms with van der Waals surface area (Å²) in [4.78, 5) is 14.0. The Balaban J connectivity index is 2.49. The molecule has 0 atom stereocenters. The Labute approximate surface area is 106 Å². The number of hydrogen-bond acceptors (Lipinski definition) is 5. The molecule has 1 aromatic heterocycles. The van der Waals surface area contributed by atoms with Gasteiger partial charge in [-0.05, 0) is 13.0 Å². The van der Waals surface area contributed by atoms with Gasteiger partial charge in [-0.1, -0.05) is 0 Å². The Morgan fingerprint density at radius 1 is 1.47 bits per heavy atom. The second kappa shape index (κ2) is 6.32. The molecule has 0 aliphatic heterocycles. The molecule has 0 aromatic carbocycles. The van der Waals surface area contributed by atoms with Crippen LogP contribution in [0.5, 0.6) is 0 Å². The molecule has 1 rings (SSSR count). The predicted octanol–water partition coefficient (Wildman–Crippen LogP) is 2.29. The summed E-state index contributed by atoms with van der Waals surface area (Å²) in [6, 6.07) is 2.75. The number of hydrogen-bond donors (Lipinski definition) is 1. The number of rotatable bonds is 6. The largest absolute Gasteiger partial charge is 0.411 e. The average molecular weight is 279 g/mol. The molecule has 0 saturated heterocycles. The lowest BCUT2D eigenvalue weighted by atomic mass is 10.3. The van der Waals surface area contributed by atoms with Gasteiger partial charge in [0, 0.05) is 18.3 Å². The normalized spacial score (nSPS) is 11.4. The Morgan fingerprint density at radius 3 is 2.74 bits per heavy atom. The van der Waals surface area contributed by atoms with Crippen molar-refractivity contribution in [2.45, 2.75) is 13.1 Å². The summed E-state index contributed by atoms with van der Waals surface area (Å²) in [6.07, 6.45) is -4.38. The van der Waals surface area contributed by atoms with Crippen LogP contribution in [0.1, 0.15) is 5.69 Å². The molecule has 0 spiro atoms. The summed E-state index contributed by atoms with van der Waals surface area (Å²) in [7, 11) is 0. The molecule has 0 fully saturated rings. The van der Waals surface area contributed by atoms with Gasteiger partial charge >= 0.3 is 11.9 Å². The Hall–Kier alpha value is -1.90. The number of nitro groups is 1. The van der Waals surface area contributed by atoms with Crippen LogP contribution in [0, 0.1) is 17.0 Å². The van der Waals surface area contributed by atoms with E-state index in [9.17, 15) is 23.3 Å². The maximum atomic E-state index is 11.8. The summed E-state index contributed by atoms with van der Waals surface area (Å²) in [5.74, 6) is 0.0145. The smallest absolute Gasteiger partial charge is 0.370 e. The Morgan fingerprint density at radius 2 is 2.16 bits per heavy atom. The molecule has 0 radical (unpaired) electrons. The number of nitrogens with zero attached hydrogens (tertiary/aromatic N) is 2. The van der Waals surface area contributed by atoms with E-state index >= 15 is 0 Å². The SMILES string of the molecule is Cc1ccc([N+](=O)[O-])c(NCCOCC(F)(F)F)n1. The highest BCUT2D eigenvalue weighted by Gasteiger charge is 2.27. The Kier molecular flexibility index (Phi) is 5.04. The fourth-order valence-electron chi connectivity index (χ4n) is 1.26. The van der Waals surface area contributed by atoms with Gasteiger partial charge in [-0.15, -0.1) is 0 Å². The lowest BCUT2D eigenvalue weighted by Gasteiger charge is -2.09. The maximum absolute atomic E-state index is 11.8. The van der Waals surface area contributed by atoms with Crippen LogP contribution in [0.4, 0.5) is 24.7 Å². The highest BCUT2D eigenvalue weighted by atomic mass is 19.4. The molecule has 0 bridgehead atoms. The van der Waals surface area contributed by atoms with E-state index in [0.717, 1.165) is 0 Å². The average Bonchev–Trinajstić information content (AvgIpc) is 2.26. The van der Waals surface area contributed by atoms with Gasteiger partial charge in [-0.3, -0.25) is 10.1 Å². The van der Waals surface area contributed by atoms with Crippen molar-refractivity contribution in [1.82, 2.24) is 4.98 Å². The van der Waals surface area contributed by atoms with Crippen molar-refractivity contribution in [1.29, 1.82) is 0 Å². The van der Waals surface area contributed by atoms with Crippen molar-refractivity contribution in [3.05, 3.63) is 27.9 Å². The topological polar surface area (TPSA) is 77.3 Å². The van der Waals surface area contributed by atoms with Crippen molar-refractivity contribution in [2.75, 3.05) is 25.1 Å². The van der Waals surface area contributed by atoms with E-state index in [1.165, 1.54) is 12.1 Å². The second-order valence-electron chi connectivity index (χ2n) is 3.67. The molecule has 0 unspecified atom stereocenters. The first-order valence-corrected chi connectivity index (χ1v) is 5.30. The number of halogens is 3. The van der Waals surface area contributed by atoms with Crippen molar-refractivity contribution in [3.63, 3.8) is 0 Å². The molecular formula is C10H12F3N3O3. The third kappa shape index (κ3) is 5.51. The summed E-state index contributed by atoms with van der Waals surface area (Å²) in [6.45, 7) is 0.0622. The molecule has 1 heterocycles. The third-order valence-electron chi connectivity index (χ3n) is 2.01. The van der Waals surface area contributed by atoms with Crippen LogP contribution in [-0.2, 0) is 4.74 Å². The number of ether oxygens (including phenoxy) is 1. The van der Waals surface area contributed by atoms with E-state index < -0.39 is 17.7 Å². The number of aromatic nitrogens is 1. The zero-order valence-corrected chi connectivity index (χ0v) is 10.0. The summed E-state index contributed by atoms with van der Waals surface area (Å²) >= 11 is 0. The molecule has 0 aliphatic rings. The quantitative estimate of drug-likeness (QED) is 0.491. The number of aryl methyl sites for hydroxylation is 1. The van der Waals surface area contributed by atoms with Gasteiger partial charge in [0.1, 0.15) is 6.61 Å². The Bertz CT molecular complexity index is 451. The predicted molar refractivity (Wildman–Crippen MR) is 61.0 cm³/mol. The molecular weight excluding hydrogens is 267 g/mol. The first-order chi connectivity index (χ1) is 8.79. The zero-order valence-electron chi connectivity index (χ0n) is 10.0. The van der Waals surface area contributed by atoms with Crippen LogP contribution in [-0.4, -0.2) is 35.8 Å². The van der Waals surface area contributed by atoms with Crippen LogP contribution in [0.2, 0.25) is 0 Å². The molecule has 9 heteroatoms.